The summed E-state index contributed by atoms with van der Waals surface area (Å²) in [6, 6.07) is 4.57. The Morgan fingerprint density at radius 3 is 2.76 bits per heavy atom. The summed E-state index contributed by atoms with van der Waals surface area (Å²) in [6.07, 6.45) is 6.09. The zero-order valence-electron chi connectivity index (χ0n) is 9.93. The van der Waals surface area contributed by atoms with E-state index in [-0.39, 0.29) is 5.82 Å². The molecule has 17 heavy (non-hydrogen) atoms. The fourth-order valence-corrected chi connectivity index (χ4v) is 3.29. The second-order valence-corrected chi connectivity index (χ2v) is 6.26. The van der Waals surface area contributed by atoms with Crippen LogP contribution >= 0.6 is 23.4 Å². The molecule has 0 aliphatic heterocycles. The highest BCUT2D eigenvalue weighted by molar-refractivity contribution is 8.00. The number of hydrogen-bond donors (Lipinski definition) is 1. The van der Waals surface area contributed by atoms with Crippen LogP contribution in [0.4, 0.5) is 4.39 Å². The number of rotatable bonds is 5. The molecule has 0 aromatic heterocycles. The monoisotopic (exact) mass is 273 g/mol. The Morgan fingerprint density at radius 1 is 1.47 bits per heavy atom. The molecular weight excluding hydrogens is 257 g/mol. The Bertz CT molecular complexity index is 387. The fourth-order valence-electron chi connectivity index (χ4n) is 2.11. The minimum Gasteiger partial charge on any atom is -0.311 e. The van der Waals surface area contributed by atoms with Crippen molar-refractivity contribution in [2.75, 3.05) is 12.8 Å². The molecule has 0 radical (unpaired) electrons. The summed E-state index contributed by atoms with van der Waals surface area (Å²) in [4.78, 5) is 0. The molecule has 0 unspecified atom stereocenters. The van der Waals surface area contributed by atoms with Crippen LogP contribution in [0.1, 0.15) is 24.8 Å². The highest BCUT2D eigenvalue weighted by Crippen LogP contribution is 2.42. The molecule has 0 amide bonds. The Balaban J connectivity index is 1.85. The van der Waals surface area contributed by atoms with E-state index in [4.69, 9.17) is 11.6 Å². The highest BCUT2D eigenvalue weighted by atomic mass is 35.5. The van der Waals surface area contributed by atoms with Gasteiger partial charge in [-0.2, -0.15) is 11.8 Å². The van der Waals surface area contributed by atoms with Crippen LogP contribution in [-0.4, -0.2) is 17.5 Å². The minimum absolute atomic E-state index is 0.279. The molecule has 1 aromatic rings. The normalized spacial score (nSPS) is 17.8. The van der Waals surface area contributed by atoms with Crippen LogP contribution < -0.4 is 5.32 Å². The predicted molar refractivity (Wildman–Crippen MR) is 73.2 cm³/mol. The van der Waals surface area contributed by atoms with Gasteiger partial charge in [0, 0.05) is 22.9 Å². The van der Waals surface area contributed by atoms with Crippen molar-refractivity contribution >= 4 is 23.4 Å². The number of benzene rings is 1. The molecule has 4 heteroatoms. The average molecular weight is 274 g/mol. The molecule has 1 nitrogen and oxygen atoms in total. The van der Waals surface area contributed by atoms with Gasteiger partial charge in [0.1, 0.15) is 5.82 Å². The van der Waals surface area contributed by atoms with Gasteiger partial charge < -0.3 is 5.32 Å². The van der Waals surface area contributed by atoms with Gasteiger partial charge in [0.15, 0.2) is 0 Å². The summed E-state index contributed by atoms with van der Waals surface area (Å²) in [5.41, 5.74) is 0.962. The maximum Gasteiger partial charge on any atom is 0.124 e. The Kier molecular flexibility index (Phi) is 4.34. The summed E-state index contributed by atoms with van der Waals surface area (Å²) < 4.78 is 13.3. The van der Waals surface area contributed by atoms with Crippen molar-refractivity contribution in [2.45, 2.75) is 30.6 Å². The molecule has 1 saturated carbocycles. The van der Waals surface area contributed by atoms with Gasteiger partial charge >= 0.3 is 0 Å². The number of halogens is 2. The summed E-state index contributed by atoms with van der Waals surface area (Å²) in [7, 11) is 0. The number of hydrogen-bond acceptors (Lipinski definition) is 2. The standard InChI is InChI=1S/C13H17ClFNS/c1-17-13(5-2-6-13)9-16-8-10-3-4-11(15)7-12(10)14/h3-4,7,16H,2,5-6,8-9H2,1H3. The lowest BCUT2D eigenvalue weighted by Gasteiger charge is -2.40. The van der Waals surface area contributed by atoms with E-state index < -0.39 is 0 Å². The lowest BCUT2D eigenvalue weighted by molar-refractivity contribution is 0.345. The summed E-state index contributed by atoms with van der Waals surface area (Å²) >= 11 is 7.92. The van der Waals surface area contributed by atoms with E-state index in [1.54, 1.807) is 6.07 Å². The van der Waals surface area contributed by atoms with Crippen molar-refractivity contribution in [1.82, 2.24) is 5.32 Å². The van der Waals surface area contributed by atoms with Gasteiger partial charge in [0.05, 0.1) is 0 Å². The molecule has 0 bridgehead atoms. The predicted octanol–water partition coefficient (Wildman–Crippen LogP) is 3.85. The first kappa shape index (κ1) is 13.2. The molecule has 0 saturated heterocycles. The Morgan fingerprint density at radius 2 is 2.24 bits per heavy atom. The van der Waals surface area contributed by atoms with Crippen molar-refractivity contribution in [3.05, 3.63) is 34.6 Å². The number of nitrogens with one attached hydrogen (secondary N) is 1. The van der Waals surface area contributed by atoms with E-state index in [1.165, 1.54) is 31.4 Å². The largest absolute Gasteiger partial charge is 0.311 e. The topological polar surface area (TPSA) is 12.0 Å². The maximum atomic E-state index is 12.9. The zero-order valence-corrected chi connectivity index (χ0v) is 11.5. The second kappa shape index (κ2) is 5.59. The molecule has 1 aliphatic rings. The van der Waals surface area contributed by atoms with E-state index in [0.717, 1.165) is 12.1 Å². The summed E-state index contributed by atoms with van der Waals surface area (Å²) in [5.74, 6) is -0.279. The second-order valence-electron chi connectivity index (χ2n) is 4.58. The third-order valence-corrected chi connectivity index (χ3v) is 5.25. The lowest BCUT2D eigenvalue weighted by atomic mass is 9.84. The van der Waals surface area contributed by atoms with E-state index in [2.05, 4.69) is 11.6 Å². The van der Waals surface area contributed by atoms with Gasteiger partial charge in [0.2, 0.25) is 0 Å². The first-order valence-electron chi connectivity index (χ1n) is 5.85. The molecule has 1 aliphatic carbocycles. The quantitative estimate of drug-likeness (QED) is 0.874. The number of thioether (sulfide) groups is 1. The van der Waals surface area contributed by atoms with Crippen LogP contribution in [0, 0.1) is 5.82 Å². The van der Waals surface area contributed by atoms with Gasteiger partial charge in [-0.25, -0.2) is 4.39 Å². The third-order valence-electron chi connectivity index (χ3n) is 3.48. The fraction of sp³-hybridized carbons (Fsp3) is 0.538. The summed E-state index contributed by atoms with van der Waals surface area (Å²) in [6.45, 7) is 1.71. The lowest BCUT2D eigenvalue weighted by Crippen LogP contribution is -2.43. The average Bonchev–Trinajstić information content (AvgIpc) is 2.25. The highest BCUT2D eigenvalue weighted by Gasteiger charge is 2.35. The molecule has 0 atom stereocenters. The van der Waals surface area contributed by atoms with Crippen LogP contribution in [0.15, 0.2) is 18.2 Å². The zero-order chi connectivity index (χ0) is 12.3. The van der Waals surface area contributed by atoms with Crippen LogP contribution in [-0.2, 0) is 6.54 Å². The van der Waals surface area contributed by atoms with E-state index in [9.17, 15) is 4.39 Å². The molecule has 0 spiro atoms. The Labute approximate surface area is 111 Å². The van der Waals surface area contributed by atoms with Crippen molar-refractivity contribution in [3.8, 4) is 0 Å². The SMILES string of the molecule is CSC1(CNCc2ccc(F)cc2Cl)CCC1. The molecule has 94 valence electrons. The van der Waals surface area contributed by atoms with Gasteiger partial charge in [-0.05, 0) is 36.8 Å². The molecule has 0 heterocycles. The van der Waals surface area contributed by atoms with Crippen LogP contribution in [0.25, 0.3) is 0 Å². The van der Waals surface area contributed by atoms with Crippen molar-refractivity contribution < 1.29 is 4.39 Å². The minimum atomic E-state index is -0.279. The first-order chi connectivity index (χ1) is 8.15. The van der Waals surface area contributed by atoms with E-state index in [1.807, 2.05) is 11.8 Å². The van der Waals surface area contributed by atoms with Crippen LogP contribution in [0.3, 0.4) is 0 Å². The molecule has 1 fully saturated rings. The smallest absolute Gasteiger partial charge is 0.124 e. The summed E-state index contributed by atoms with van der Waals surface area (Å²) in [5, 5.41) is 3.93. The molecule has 1 N–H and O–H groups in total. The van der Waals surface area contributed by atoms with Gasteiger partial charge in [0.25, 0.3) is 0 Å². The van der Waals surface area contributed by atoms with Crippen molar-refractivity contribution in [2.24, 2.45) is 0 Å². The van der Waals surface area contributed by atoms with Gasteiger partial charge in [-0.3, -0.25) is 0 Å². The Hall–Kier alpha value is -0.250. The van der Waals surface area contributed by atoms with Crippen LogP contribution in [0.2, 0.25) is 5.02 Å². The van der Waals surface area contributed by atoms with Gasteiger partial charge in [-0.15, -0.1) is 0 Å². The van der Waals surface area contributed by atoms with Crippen molar-refractivity contribution in [1.29, 1.82) is 0 Å². The molecule has 1 aromatic carbocycles. The van der Waals surface area contributed by atoms with E-state index >= 15 is 0 Å². The maximum absolute atomic E-state index is 12.9. The van der Waals surface area contributed by atoms with Crippen molar-refractivity contribution in [3.63, 3.8) is 0 Å². The first-order valence-corrected chi connectivity index (χ1v) is 7.45. The van der Waals surface area contributed by atoms with E-state index in [0.29, 0.717) is 16.3 Å². The van der Waals surface area contributed by atoms with Crippen LogP contribution in [0.5, 0.6) is 0 Å². The third kappa shape index (κ3) is 3.15. The molecular formula is C13H17ClFNS. The van der Waals surface area contributed by atoms with Gasteiger partial charge in [-0.1, -0.05) is 24.1 Å². The molecule has 2 rings (SSSR count).